The van der Waals surface area contributed by atoms with Crippen LogP contribution in [0.1, 0.15) is 46.0 Å². The van der Waals surface area contributed by atoms with Gasteiger partial charge in [0, 0.05) is 6.42 Å². The Kier molecular flexibility index (Phi) is 4.26. The first-order valence-corrected chi connectivity index (χ1v) is 5.38. The van der Waals surface area contributed by atoms with Crippen molar-refractivity contribution in [1.82, 2.24) is 0 Å². The minimum Gasteiger partial charge on any atom is -0.466 e. The van der Waals surface area contributed by atoms with E-state index in [0.29, 0.717) is 18.9 Å². The Morgan fingerprint density at radius 3 is 2.46 bits per heavy atom. The molecule has 0 saturated heterocycles. The molecule has 0 radical (unpaired) electrons. The molecule has 13 heavy (non-hydrogen) atoms. The zero-order chi connectivity index (χ0) is 9.68. The lowest BCUT2D eigenvalue weighted by atomic mass is 9.81. The molecule has 0 aromatic carbocycles. The molecule has 0 N–H and O–H groups in total. The van der Waals surface area contributed by atoms with Crippen molar-refractivity contribution in [3.8, 4) is 0 Å². The third-order valence-electron chi connectivity index (χ3n) is 2.90. The predicted molar refractivity (Wildman–Crippen MR) is 52.4 cm³/mol. The summed E-state index contributed by atoms with van der Waals surface area (Å²) in [6.45, 7) is 4.67. The zero-order valence-corrected chi connectivity index (χ0v) is 8.71. The van der Waals surface area contributed by atoms with Crippen LogP contribution < -0.4 is 0 Å². The van der Waals surface area contributed by atoms with Gasteiger partial charge in [-0.2, -0.15) is 0 Å². The van der Waals surface area contributed by atoms with E-state index in [2.05, 4.69) is 6.92 Å². The Morgan fingerprint density at radius 1 is 1.31 bits per heavy atom. The molecule has 76 valence electrons. The Morgan fingerprint density at radius 2 is 1.92 bits per heavy atom. The number of carbonyl (C=O) groups is 1. The van der Waals surface area contributed by atoms with Crippen molar-refractivity contribution in [3.63, 3.8) is 0 Å². The van der Waals surface area contributed by atoms with Crippen molar-refractivity contribution < 1.29 is 9.53 Å². The smallest absolute Gasteiger partial charge is 0.306 e. The third-order valence-corrected chi connectivity index (χ3v) is 2.90. The average Bonchev–Trinajstić information content (AvgIpc) is 2.09. The molecule has 1 rings (SSSR count). The van der Waals surface area contributed by atoms with Gasteiger partial charge in [-0.05, 0) is 31.6 Å². The van der Waals surface area contributed by atoms with E-state index in [0.717, 1.165) is 5.92 Å². The summed E-state index contributed by atoms with van der Waals surface area (Å²) in [6, 6.07) is 0. The number of hydrogen-bond acceptors (Lipinski definition) is 2. The maximum Gasteiger partial charge on any atom is 0.306 e. The summed E-state index contributed by atoms with van der Waals surface area (Å²) in [5, 5.41) is 0. The van der Waals surface area contributed by atoms with Gasteiger partial charge in [-0.1, -0.05) is 19.8 Å². The van der Waals surface area contributed by atoms with E-state index in [1.807, 2.05) is 6.92 Å². The Labute approximate surface area is 80.7 Å². The highest BCUT2D eigenvalue weighted by atomic mass is 16.5. The van der Waals surface area contributed by atoms with E-state index in [1.54, 1.807) is 0 Å². The molecule has 0 amide bonds. The van der Waals surface area contributed by atoms with Gasteiger partial charge >= 0.3 is 5.97 Å². The van der Waals surface area contributed by atoms with Crippen LogP contribution >= 0.6 is 0 Å². The van der Waals surface area contributed by atoms with E-state index in [4.69, 9.17) is 4.74 Å². The molecule has 0 heterocycles. The van der Waals surface area contributed by atoms with Crippen molar-refractivity contribution in [3.05, 3.63) is 0 Å². The van der Waals surface area contributed by atoms with Crippen LogP contribution in [0.3, 0.4) is 0 Å². The monoisotopic (exact) mass is 184 g/mol. The lowest BCUT2D eigenvalue weighted by Crippen LogP contribution is -2.17. The van der Waals surface area contributed by atoms with Gasteiger partial charge in [-0.3, -0.25) is 4.79 Å². The van der Waals surface area contributed by atoms with Crippen LogP contribution in [0.25, 0.3) is 0 Å². The molecular weight excluding hydrogens is 164 g/mol. The largest absolute Gasteiger partial charge is 0.466 e. The van der Waals surface area contributed by atoms with Gasteiger partial charge in [0.05, 0.1) is 6.61 Å². The lowest BCUT2D eigenvalue weighted by Gasteiger charge is -2.25. The van der Waals surface area contributed by atoms with Crippen LogP contribution in [0.2, 0.25) is 0 Å². The Balaban J connectivity index is 2.18. The molecule has 0 atom stereocenters. The molecule has 0 aromatic heterocycles. The first-order valence-electron chi connectivity index (χ1n) is 5.38. The zero-order valence-electron chi connectivity index (χ0n) is 8.71. The minimum atomic E-state index is -0.0120. The highest BCUT2D eigenvalue weighted by Gasteiger charge is 2.20. The first-order chi connectivity index (χ1) is 6.22. The summed E-state index contributed by atoms with van der Waals surface area (Å²) in [6.07, 6.45) is 5.62. The van der Waals surface area contributed by atoms with Gasteiger partial charge in [-0.15, -0.1) is 0 Å². The predicted octanol–water partition coefficient (Wildman–Crippen LogP) is 2.77. The SMILES string of the molecule is CCOC(=O)C[C@H]1CC[C@H](C)CC1. The summed E-state index contributed by atoms with van der Waals surface area (Å²) in [4.78, 5) is 11.2. The number of ether oxygens (including phenoxy) is 1. The van der Waals surface area contributed by atoms with E-state index in [-0.39, 0.29) is 5.97 Å². The molecule has 1 aliphatic carbocycles. The fraction of sp³-hybridized carbons (Fsp3) is 0.909. The second-order valence-electron chi connectivity index (χ2n) is 4.14. The number of esters is 1. The molecule has 0 spiro atoms. The van der Waals surface area contributed by atoms with E-state index in [9.17, 15) is 4.79 Å². The fourth-order valence-corrected chi connectivity index (χ4v) is 1.99. The maximum atomic E-state index is 11.2. The van der Waals surface area contributed by atoms with Crippen molar-refractivity contribution >= 4 is 5.97 Å². The second-order valence-corrected chi connectivity index (χ2v) is 4.14. The standard InChI is InChI=1S/C11H20O2/c1-3-13-11(12)8-10-6-4-9(2)5-7-10/h9-10H,3-8H2,1-2H3/t9-,10-. The van der Waals surface area contributed by atoms with Crippen LogP contribution in [0.4, 0.5) is 0 Å². The molecule has 1 aliphatic rings. The highest BCUT2D eigenvalue weighted by molar-refractivity contribution is 5.69. The molecule has 0 aromatic rings. The summed E-state index contributed by atoms with van der Waals surface area (Å²) in [5.41, 5.74) is 0. The van der Waals surface area contributed by atoms with E-state index < -0.39 is 0 Å². The number of hydrogen-bond donors (Lipinski definition) is 0. The maximum absolute atomic E-state index is 11.2. The average molecular weight is 184 g/mol. The van der Waals surface area contributed by atoms with Crippen molar-refractivity contribution in [2.24, 2.45) is 11.8 Å². The van der Waals surface area contributed by atoms with E-state index in [1.165, 1.54) is 25.7 Å². The summed E-state index contributed by atoms with van der Waals surface area (Å²) in [7, 11) is 0. The van der Waals surface area contributed by atoms with Gasteiger partial charge in [-0.25, -0.2) is 0 Å². The highest BCUT2D eigenvalue weighted by Crippen LogP contribution is 2.30. The molecular formula is C11H20O2. The molecule has 2 heteroatoms. The molecule has 0 bridgehead atoms. The summed E-state index contributed by atoms with van der Waals surface area (Å²) < 4.78 is 4.93. The molecule has 0 aliphatic heterocycles. The van der Waals surface area contributed by atoms with Crippen LogP contribution in [0.5, 0.6) is 0 Å². The third kappa shape index (κ3) is 3.79. The van der Waals surface area contributed by atoms with Crippen LogP contribution in [-0.2, 0) is 9.53 Å². The van der Waals surface area contributed by atoms with Gasteiger partial charge in [0.1, 0.15) is 0 Å². The summed E-state index contributed by atoms with van der Waals surface area (Å²) >= 11 is 0. The molecule has 1 saturated carbocycles. The van der Waals surface area contributed by atoms with Gasteiger partial charge in [0.15, 0.2) is 0 Å². The van der Waals surface area contributed by atoms with Gasteiger partial charge in [0.25, 0.3) is 0 Å². The van der Waals surface area contributed by atoms with E-state index >= 15 is 0 Å². The van der Waals surface area contributed by atoms with Crippen LogP contribution in [0.15, 0.2) is 0 Å². The van der Waals surface area contributed by atoms with Crippen molar-refractivity contribution in [1.29, 1.82) is 0 Å². The fourth-order valence-electron chi connectivity index (χ4n) is 1.99. The topological polar surface area (TPSA) is 26.3 Å². The lowest BCUT2D eigenvalue weighted by molar-refractivity contribution is -0.144. The van der Waals surface area contributed by atoms with Crippen molar-refractivity contribution in [2.45, 2.75) is 46.0 Å². The molecule has 2 nitrogen and oxygen atoms in total. The van der Waals surface area contributed by atoms with Crippen LogP contribution in [0, 0.1) is 11.8 Å². The van der Waals surface area contributed by atoms with Gasteiger partial charge < -0.3 is 4.74 Å². The quantitative estimate of drug-likeness (QED) is 0.630. The minimum absolute atomic E-state index is 0.0120. The van der Waals surface area contributed by atoms with Gasteiger partial charge in [0.2, 0.25) is 0 Å². The summed E-state index contributed by atoms with van der Waals surface area (Å²) in [5.74, 6) is 1.44. The Hall–Kier alpha value is -0.530. The molecule has 1 fully saturated rings. The number of carbonyl (C=O) groups excluding carboxylic acids is 1. The van der Waals surface area contributed by atoms with Crippen molar-refractivity contribution in [2.75, 3.05) is 6.61 Å². The Bertz CT molecular complexity index is 157. The molecule has 0 unspecified atom stereocenters. The first kappa shape index (κ1) is 10.6. The number of rotatable bonds is 3. The van der Waals surface area contributed by atoms with Crippen LogP contribution in [-0.4, -0.2) is 12.6 Å². The second kappa shape index (κ2) is 5.25. The normalized spacial score (nSPS) is 28.5.